The van der Waals surface area contributed by atoms with Crippen molar-refractivity contribution in [1.82, 2.24) is 19.7 Å². The van der Waals surface area contributed by atoms with Crippen molar-refractivity contribution in [2.45, 2.75) is 38.5 Å². The first-order valence-corrected chi connectivity index (χ1v) is 11.0. The van der Waals surface area contributed by atoms with Crippen LogP contribution in [0, 0.1) is 17.5 Å². The summed E-state index contributed by atoms with van der Waals surface area (Å²) in [5.74, 6) is -3.31. The molecule has 0 radical (unpaired) electrons. The Balaban J connectivity index is 1.51. The zero-order valence-electron chi connectivity index (χ0n) is 19.2. The molecule has 3 aromatic heterocycles. The fourth-order valence-corrected chi connectivity index (χ4v) is 3.97. The average Bonchev–Trinajstić information content (AvgIpc) is 2.82. The van der Waals surface area contributed by atoms with E-state index in [0.717, 1.165) is 18.5 Å². The van der Waals surface area contributed by atoms with Crippen LogP contribution in [0.5, 0.6) is 0 Å². The molecule has 0 unspecified atom stereocenters. The summed E-state index contributed by atoms with van der Waals surface area (Å²) in [5, 5.41) is 7.40. The summed E-state index contributed by atoms with van der Waals surface area (Å²) >= 11 is 0. The van der Waals surface area contributed by atoms with Crippen LogP contribution in [0.4, 0.5) is 32.0 Å². The quantitative estimate of drug-likeness (QED) is 0.338. The van der Waals surface area contributed by atoms with Crippen molar-refractivity contribution in [3.63, 3.8) is 0 Å². The SMILES string of the molecule is C[C@@H](CCCn1ccc2cc(-c3ccc(F)cn3)c(F)c(F)c2c1=O)Nc1cn[nH]c(=O)c1C(F)(F)F. The Hall–Kier alpha value is -4.16. The predicted octanol–water partition coefficient (Wildman–Crippen LogP) is 4.86. The van der Waals surface area contributed by atoms with E-state index in [4.69, 9.17) is 0 Å². The molecule has 0 saturated heterocycles. The number of halogens is 6. The summed E-state index contributed by atoms with van der Waals surface area (Å²) in [6.07, 6.45) is -1.20. The number of pyridine rings is 2. The summed E-state index contributed by atoms with van der Waals surface area (Å²) < 4.78 is 83.6. The second-order valence-electron chi connectivity index (χ2n) is 8.37. The summed E-state index contributed by atoms with van der Waals surface area (Å²) in [4.78, 5) is 28.2. The van der Waals surface area contributed by atoms with Gasteiger partial charge in [0.1, 0.15) is 11.4 Å². The standard InChI is InChI=1S/C24H19F6N5O2/c1-12(33-17-11-32-34-22(36)19(17)24(28,29)30)3-2-7-35-8-6-13-9-15(16-5-4-14(25)10-31-16)20(26)21(27)18(13)23(35)37/h4-6,8-12H,2-3,7H2,1H3,(H2,33,34,36)/t12-/m0/s1. The summed E-state index contributed by atoms with van der Waals surface area (Å²) in [5.41, 5.74) is -4.26. The highest BCUT2D eigenvalue weighted by Crippen LogP contribution is 2.32. The Morgan fingerprint density at radius 3 is 2.51 bits per heavy atom. The summed E-state index contributed by atoms with van der Waals surface area (Å²) in [6.45, 7) is 1.66. The highest BCUT2D eigenvalue weighted by atomic mass is 19.4. The lowest BCUT2D eigenvalue weighted by molar-refractivity contribution is -0.138. The Bertz CT molecular complexity index is 1560. The van der Waals surface area contributed by atoms with E-state index in [1.54, 1.807) is 12.0 Å². The van der Waals surface area contributed by atoms with Crippen LogP contribution in [0.1, 0.15) is 25.3 Å². The van der Waals surface area contributed by atoms with Gasteiger partial charge in [0.05, 0.1) is 29.2 Å². The van der Waals surface area contributed by atoms with Gasteiger partial charge in [-0.05, 0) is 49.4 Å². The van der Waals surface area contributed by atoms with Gasteiger partial charge in [-0.25, -0.2) is 18.3 Å². The van der Waals surface area contributed by atoms with Crippen molar-refractivity contribution < 1.29 is 26.3 Å². The Labute approximate surface area is 204 Å². The highest BCUT2D eigenvalue weighted by molar-refractivity contribution is 5.87. The molecule has 13 heteroatoms. The van der Waals surface area contributed by atoms with Crippen molar-refractivity contribution in [3.05, 3.63) is 86.6 Å². The van der Waals surface area contributed by atoms with Gasteiger partial charge in [-0.3, -0.25) is 14.6 Å². The van der Waals surface area contributed by atoms with Crippen LogP contribution in [0.3, 0.4) is 0 Å². The molecule has 4 rings (SSSR count). The molecule has 0 aliphatic heterocycles. The van der Waals surface area contributed by atoms with Crippen molar-refractivity contribution in [3.8, 4) is 11.3 Å². The molecule has 2 N–H and O–H groups in total. The van der Waals surface area contributed by atoms with Gasteiger partial charge >= 0.3 is 6.18 Å². The van der Waals surface area contributed by atoms with Gasteiger partial charge in [0, 0.05) is 24.3 Å². The molecule has 0 spiro atoms. The molecule has 0 aliphatic carbocycles. The van der Waals surface area contributed by atoms with Gasteiger partial charge in [-0.1, -0.05) is 0 Å². The zero-order valence-corrected chi connectivity index (χ0v) is 19.2. The fourth-order valence-electron chi connectivity index (χ4n) is 3.97. The second kappa shape index (κ2) is 10.1. The number of hydrogen-bond donors (Lipinski definition) is 2. The Kier molecular flexibility index (Phi) is 7.05. The number of aromatic amines is 1. The van der Waals surface area contributed by atoms with Crippen LogP contribution < -0.4 is 16.4 Å². The molecule has 37 heavy (non-hydrogen) atoms. The molecule has 3 heterocycles. The van der Waals surface area contributed by atoms with E-state index in [1.807, 2.05) is 0 Å². The predicted molar refractivity (Wildman–Crippen MR) is 123 cm³/mol. The minimum Gasteiger partial charge on any atom is -0.381 e. The topological polar surface area (TPSA) is 92.7 Å². The number of nitrogens with zero attached hydrogens (tertiary/aromatic N) is 3. The Morgan fingerprint density at radius 2 is 1.84 bits per heavy atom. The third-order valence-corrected chi connectivity index (χ3v) is 5.73. The molecule has 0 fully saturated rings. The smallest absolute Gasteiger partial charge is 0.381 e. The highest BCUT2D eigenvalue weighted by Gasteiger charge is 2.37. The number of anilines is 1. The summed E-state index contributed by atoms with van der Waals surface area (Å²) in [7, 11) is 0. The minimum atomic E-state index is -4.89. The van der Waals surface area contributed by atoms with Crippen molar-refractivity contribution in [2.75, 3.05) is 5.32 Å². The number of alkyl halides is 3. The van der Waals surface area contributed by atoms with E-state index in [1.165, 1.54) is 29.0 Å². The second-order valence-corrected chi connectivity index (χ2v) is 8.37. The number of rotatable bonds is 7. The number of benzene rings is 1. The van der Waals surface area contributed by atoms with Gasteiger partial charge in [-0.15, -0.1) is 0 Å². The third-order valence-electron chi connectivity index (χ3n) is 5.73. The number of aryl methyl sites for hydroxylation is 1. The molecule has 1 atom stereocenters. The van der Waals surface area contributed by atoms with E-state index in [0.29, 0.717) is 6.42 Å². The van der Waals surface area contributed by atoms with E-state index in [2.05, 4.69) is 15.4 Å². The fraction of sp³-hybridized carbons (Fsp3) is 0.250. The molecule has 194 valence electrons. The monoisotopic (exact) mass is 523 g/mol. The maximum absolute atomic E-state index is 14.9. The normalized spacial score (nSPS) is 12.6. The first-order valence-electron chi connectivity index (χ1n) is 11.0. The molecule has 7 nitrogen and oxygen atoms in total. The maximum atomic E-state index is 14.9. The number of fused-ring (bicyclic) bond motifs is 1. The molecular weight excluding hydrogens is 504 g/mol. The average molecular weight is 523 g/mol. The van der Waals surface area contributed by atoms with E-state index < -0.39 is 57.4 Å². The minimum absolute atomic E-state index is 0.00495. The number of aromatic nitrogens is 4. The van der Waals surface area contributed by atoms with Crippen LogP contribution in [-0.2, 0) is 12.7 Å². The van der Waals surface area contributed by atoms with E-state index in [-0.39, 0.29) is 29.6 Å². The first-order chi connectivity index (χ1) is 17.5. The van der Waals surface area contributed by atoms with Crippen LogP contribution in [0.2, 0.25) is 0 Å². The van der Waals surface area contributed by atoms with E-state index >= 15 is 0 Å². The lowest BCUT2D eigenvalue weighted by Crippen LogP contribution is -2.27. The van der Waals surface area contributed by atoms with Crippen LogP contribution in [0.25, 0.3) is 22.0 Å². The molecular formula is C24H19F6N5O2. The largest absolute Gasteiger partial charge is 0.423 e. The van der Waals surface area contributed by atoms with Crippen molar-refractivity contribution >= 4 is 16.5 Å². The van der Waals surface area contributed by atoms with Gasteiger partial charge in [0.25, 0.3) is 11.1 Å². The molecule has 0 amide bonds. The van der Waals surface area contributed by atoms with Gasteiger partial charge in [-0.2, -0.15) is 18.3 Å². The lowest BCUT2D eigenvalue weighted by atomic mass is 10.0. The molecule has 0 aliphatic rings. The van der Waals surface area contributed by atoms with Gasteiger partial charge in [0.2, 0.25) is 0 Å². The number of nitrogens with one attached hydrogen (secondary N) is 2. The van der Waals surface area contributed by atoms with Crippen molar-refractivity contribution in [2.24, 2.45) is 0 Å². The van der Waals surface area contributed by atoms with Gasteiger partial charge in [0.15, 0.2) is 11.6 Å². The van der Waals surface area contributed by atoms with Crippen LogP contribution >= 0.6 is 0 Å². The van der Waals surface area contributed by atoms with Crippen LogP contribution in [0.15, 0.2) is 52.4 Å². The summed E-state index contributed by atoms with van der Waals surface area (Å²) in [6, 6.07) is 4.37. The lowest BCUT2D eigenvalue weighted by Gasteiger charge is -2.18. The molecule has 1 aromatic carbocycles. The van der Waals surface area contributed by atoms with Crippen molar-refractivity contribution in [1.29, 1.82) is 0 Å². The molecule has 4 aromatic rings. The number of H-pyrrole nitrogens is 1. The zero-order chi connectivity index (χ0) is 26.9. The Morgan fingerprint density at radius 1 is 1.08 bits per heavy atom. The van der Waals surface area contributed by atoms with Crippen LogP contribution in [-0.4, -0.2) is 25.8 Å². The first kappa shape index (κ1) is 25.9. The molecule has 0 saturated carbocycles. The number of hydrogen-bond acceptors (Lipinski definition) is 5. The molecule has 0 bridgehead atoms. The van der Waals surface area contributed by atoms with Gasteiger partial charge < -0.3 is 9.88 Å². The van der Waals surface area contributed by atoms with E-state index in [9.17, 15) is 35.9 Å². The third kappa shape index (κ3) is 5.34. The maximum Gasteiger partial charge on any atom is 0.423 e.